The summed E-state index contributed by atoms with van der Waals surface area (Å²) in [6.07, 6.45) is 7.20. The molecule has 0 saturated carbocycles. The number of primary amides is 1. The van der Waals surface area contributed by atoms with Crippen LogP contribution in [0.1, 0.15) is 32.1 Å². The van der Waals surface area contributed by atoms with E-state index in [0.29, 0.717) is 31.8 Å². The van der Waals surface area contributed by atoms with Crippen LogP contribution >= 0.6 is 11.6 Å². The minimum absolute atomic E-state index is 0. The van der Waals surface area contributed by atoms with Crippen LogP contribution in [0.2, 0.25) is 0 Å². The van der Waals surface area contributed by atoms with Crippen molar-refractivity contribution in [1.29, 1.82) is 0 Å². The maximum atomic E-state index is 13.0. The number of ether oxygens (including phenoxy) is 3. The molecule has 10 heteroatoms. The standard InChI is InChI=1S/C23H31ClFN3O4.H2O/c1-30-20-14-22(21(26)29,10-4-12-31-18-8-6-16(25)7-9-18)13-19(24)23(20,27)32-15-17-5-2-3-11-28-17;/h6-9,13-14,17,28H,2-5,10-12,15,27H2,1H3,(H2,26,29);1H2. The molecule has 1 amide bonds. The number of nitrogens with one attached hydrogen (secondary N) is 1. The molecule has 0 bridgehead atoms. The Kier molecular flexibility index (Phi) is 9.69. The highest BCUT2D eigenvalue weighted by Crippen LogP contribution is 2.42. The molecule has 33 heavy (non-hydrogen) atoms. The van der Waals surface area contributed by atoms with Gasteiger partial charge in [0, 0.05) is 6.04 Å². The SMILES string of the molecule is COC1=CC(CCCOc2ccc(F)cc2)(C(N)=O)C=C(Cl)C1(N)OCC1CCCCN1.O. The van der Waals surface area contributed by atoms with E-state index in [0.717, 1.165) is 25.8 Å². The Morgan fingerprint density at radius 3 is 2.61 bits per heavy atom. The number of rotatable bonds is 10. The molecule has 1 saturated heterocycles. The van der Waals surface area contributed by atoms with Crippen molar-refractivity contribution in [2.24, 2.45) is 16.9 Å². The number of halogens is 2. The summed E-state index contributed by atoms with van der Waals surface area (Å²) in [5, 5.41) is 3.54. The lowest BCUT2D eigenvalue weighted by molar-refractivity contribution is -0.124. The zero-order valence-corrected chi connectivity index (χ0v) is 19.5. The Balaban J connectivity index is 0.00000385. The first-order valence-electron chi connectivity index (χ1n) is 10.8. The van der Waals surface area contributed by atoms with E-state index in [4.69, 9.17) is 37.3 Å². The monoisotopic (exact) mass is 485 g/mol. The topological polar surface area (TPSA) is 140 Å². The highest BCUT2D eigenvalue weighted by atomic mass is 35.5. The summed E-state index contributed by atoms with van der Waals surface area (Å²) >= 11 is 6.56. The summed E-state index contributed by atoms with van der Waals surface area (Å²) in [5.41, 5.74) is 9.56. The van der Waals surface area contributed by atoms with Crippen molar-refractivity contribution in [2.45, 2.75) is 43.9 Å². The fraction of sp³-hybridized carbons (Fsp3) is 0.522. The fourth-order valence-corrected chi connectivity index (χ4v) is 4.32. The van der Waals surface area contributed by atoms with Crippen molar-refractivity contribution in [1.82, 2.24) is 5.32 Å². The molecule has 1 heterocycles. The molecule has 8 nitrogen and oxygen atoms in total. The maximum absolute atomic E-state index is 13.0. The van der Waals surface area contributed by atoms with Crippen LogP contribution in [-0.2, 0) is 14.3 Å². The molecule has 3 rings (SSSR count). The van der Waals surface area contributed by atoms with E-state index in [1.54, 1.807) is 24.3 Å². The molecule has 0 spiro atoms. The highest BCUT2D eigenvalue weighted by Gasteiger charge is 2.47. The predicted molar refractivity (Wildman–Crippen MR) is 124 cm³/mol. The molecule has 3 unspecified atom stereocenters. The molecule has 1 aliphatic carbocycles. The number of carbonyl (C=O) groups excluding carboxylic acids is 1. The molecule has 0 aromatic heterocycles. The smallest absolute Gasteiger partial charge is 0.231 e. The molecule has 2 aliphatic rings. The lowest BCUT2D eigenvalue weighted by Gasteiger charge is -2.39. The van der Waals surface area contributed by atoms with Gasteiger partial charge in [-0.25, -0.2) is 4.39 Å². The first-order valence-corrected chi connectivity index (χ1v) is 11.2. The number of nitrogens with two attached hydrogens (primary N) is 2. The number of methoxy groups -OCH3 is 1. The van der Waals surface area contributed by atoms with Gasteiger partial charge in [-0.15, -0.1) is 0 Å². The van der Waals surface area contributed by atoms with Crippen molar-refractivity contribution in [2.75, 3.05) is 26.9 Å². The van der Waals surface area contributed by atoms with Crippen LogP contribution in [0.3, 0.4) is 0 Å². The van der Waals surface area contributed by atoms with Crippen molar-refractivity contribution in [3.63, 3.8) is 0 Å². The number of piperidine rings is 1. The molecule has 0 radical (unpaired) electrons. The van der Waals surface area contributed by atoms with Crippen molar-refractivity contribution in [3.8, 4) is 5.75 Å². The lowest BCUT2D eigenvalue weighted by Crippen LogP contribution is -2.53. The summed E-state index contributed by atoms with van der Waals surface area (Å²) < 4.78 is 30.1. The molecule has 3 atom stereocenters. The van der Waals surface area contributed by atoms with Crippen molar-refractivity contribution < 1.29 is 28.9 Å². The van der Waals surface area contributed by atoms with Crippen LogP contribution in [0.25, 0.3) is 0 Å². The normalized spacial score (nSPS) is 27.1. The van der Waals surface area contributed by atoms with Crippen LogP contribution < -0.4 is 21.5 Å². The second kappa shape index (κ2) is 11.8. The molecule has 1 aromatic carbocycles. The van der Waals surface area contributed by atoms with Crippen molar-refractivity contribution >= 4 is 17.5 Å². The van der Waals surface area contributed by atoms with Crippen LogP contribution in [-0.4, -0.2) is 50.0 Å². The summed E-state index contributed by atoms with van der Waals surface area (Å²) in [4.78, 5) is 12.4. The van der Waals surface area contributed by atoms with Gasteiger partial charge in [-0.3, -0.25) is 10.5 Å². The maximum Gasteiger partial charge on any atom is 0.231 e. The molecule has 7 N–H and O–H groups in total. The number of benzene rings is 1. The number of carbonyl (C=O) groups is 1. The van der Waals surface area contributed by atoms with Gasteiger partial charge < -0.3 is 30.7 Å². The fourth-order valence-electron chi connectivity index (χ4n) is 3.98. The summed E-state index contributed by atoms with van der Waals surface area (Å²) in [6.45, 7) is 1.60. The van der Waals surface area contributed by atoms with E-state index in [2.05, 4.69) is 5.32 Å². The Hall–Kier alpha value is -2.17. The van der Waals surface area contributed by atoms with Gasteiger partial charge in [0.15, 0.2) is 0 Å². The minimum atomic E-state index is -1.49. The second-order valence-electron chi connectivity index (χ2n) is 8.21. The zero-order valence-electron chi connectivity index (χ0n) is 18.7. The van der Waals surface area contributed by atoms with E-state index in [-0.39, 0.29) is 28.1 Å². The van der Waals surface area contributed by atoms with Gasteiger partial charge in [0.05, 0.1) is 30.8 Å². The summed E-state index contributed by atoms with van der Waals surface area (Å²) in [7, 11) is 1.45. The number of hydrogen-bond donors (Lipinski definition) is 3. The Morgan fingerprint density at radius 2 is 2.00 bits per heavy atom. The predicted octanol–water partition coefficient (Wildman–Crippen LogP) is 2.11. The second-order valence-corrected chi connectivity index (χ2v) is 8.62. The largest absolute Gasteiger partial charge is 0.496 e. The third-order valence-corrected chi connectivity index (χ3v) is 6.30. The van der Waals surface area contributed by atoms with Gasteiger partial charge in [0.25, 0.3) is 0 Å². The Morgan fingerprint density at radius 1 is 1.27 bits per heavy atom. The van der Waals surface area contributed by atoms with Gasteiger partial charge in [0.2, 0.25) is 11.6 Å². The van der Waals surface area contributed by atoms with E-state index >= 15 is 0 Å². The summed E-state index contributed by atoms with van der Waals surface area (Å²) in [6, 6.07) is 5.90. The molecule has 1 fully saturated rings. The Labute approximate surface area is 198 Å². The third-order valence-electron chi connectivity index (χ3n) is 5.91. The van der Waals surface area contributed by atoms with Crippen LogP contribution in [0.15, 0.2) is 47.2 Å². The highest BCUT2D eigenvalue weighted by molar-refractivity contribution is 6.31. The zero-order chi connectivity index (χ0) is 23.2. The van der Waals surface area contributed by atoms with Gasteiger partial charge >= 0.3 is 0 Å². The third kappa shape index (κ3) is 6.45. The van der Waals surface area contributed by atoms with Gasteiger partial charge in [-0.1, -0.05) is 18.0 Å². The number of amides is 1. The molecule has 1 aromatic rings. The molecule has 184 valence electrons. The van der Waals surface area contributed by atoms with Crippen LogP contribution in [0, 0.1) is 11.2 Å². The van der Waals surface area contributed by atoms with E-state index in [1.807, 2.05) is 0 Å². The first-order chi connectivity index (χ1) is 15.3. The quantitative estimate of drug-likeness (QED) is 0.342. The first kappa shape index (κ1) is 27.1. The Bertz CT molecular complexity index is 860. The van der Waals surface area contributed by atoms with E-state index in [9.17, 15) is 9.18 Å². The molecular weight excluding hydrogens is 453 g/mol. The average Bonchev–Trinajstić information content (AvgIpc) is 2.79. The van der Waals surface area contributed by atoms with E-state index < -0.39 is 17.0 Å². The molecule has 1 aliphatic heterocycles. The average molecular weight is 486 g/mol. The molecular formula is C23H33ClFN3O5. The van der Waals surface area contributed by atoms with Crippen molar-refractivity contribution in [3.05, 3.63) is 53.0 Å². The van der Waals surface area contributed by atoms with Crippen LogP contribution in [0.5, 0.6) is 5.75 Å². The van der Waals surface area contributed by atoms with E-state index in [1.165, 1.54) is 19.2 Å². The lowest BCUT2D eigenvalue weighted by atomic mass is 9.77. The van der Waals surface area contributed by atoms with Gasteiger partial charge in [0.1, 0.15) is 17.3 Å². The van der Waals surface area contributed by atoms with Crippen LogP contribution in [0.4, 0.5) is 4.39 Å². The number of hydrogen-bond acceptors (Lipinski definition) is 6. The van der Waals surface area contributed by atoms with Gasteiger partial charge in [-0.05, 0) is 68.6 Å². The van der Waals surface area contributed by atoms with Gasteiger partial charge in [-0.2, -0.15) is 0 Å². The minimum Gasteiger partial charge on any atom is -0.496 e. The summed E-state index contributed by atoms with van der Waals surface area (Å²) in [5.74, 6) is -0.145.